The number of rotatable bonds is 4. The van der Waals surface area contributed by atoms with Crippen LogP contribution >= 0.6 is 0 Å². The maximum absolute atomic E-state index is 5.33. The molecule has 0 atom stereocenters. The van der Waals surface area contributed by atoms with Crippen molar-refractivity contribution >= 4 is 54.4 Å². The third kappa shape index (κ3) is 3.91. The Kier molecular flexibility index (Phi) is 5.87. The topological polar surface area (TPSA) is 22.8 Å². The molecule has 3 heteroatoms. The Morgan fingerprint density at radius 2 is 0.812 bits per heavy atom. The maximum atomic E-state index is 5.33. The molecule has 3 nitrogen and oxygen atoms in total. The van der Waals surface area contributed by atoms with Crippen molar-refractivity contribution in [3.63, 3.8) is 0 Å². The van der Waals surface area contributed by atoms with E-state index < -0.39 is 0 Å². The van der Waals surface area contributed by atoms with E-state index in [2.05, 4.69) is 185 Å². The van der Waals surface area contributed by atoms with Crippen LogP contribution in [-0.4, -0.2) is 14.1 Å². The zero-order valence-corrected chi connectivity index (χ0v) is 26.1. The molecule has 0 aliphatic heterocycles. The molecule has 0 spiro atoms. The molecule has 0 bridgehead atoms. The first-order valence-electron chi connectivity index (χ1n) is 16.4. The van der Waals surface area contributed by atoms with Gasteiger partial charge in [0, 0.05) is 27.7 Å². The summed E-state index contributed by atoms with van der Waals surface area (Å²) in [6.07, 6.45) is 0. The van der Waals surface area contributed by atoms with Crippen LogP contribution in [0.4, 0.5) is 0 Å². The second-order valence-electron chi connectivity index (χ2n) is 12.4. The quantitative estimate of drug-likeness (QED) is 0.182. The van der Waals surface area contributed by atoms with Crippen molar-refractivity contribution in [2.75, 3.05) is 0 Å². The van der Waals surface area contributed by atoms with Gasteiger partial charge in [-0.1, -0.05) is 127 Å². The number of para-hydroxylation sites is 5. The van der Waals surface area contributed by atoms with Crippen molar-refractivity contribution in [2.24, 2.45) is 0 Å². The highest BCUT2D eigenvalue weighted by molar-refractivity contribution is 6.21. The molecular formula is C45H29N3. The first-order chi connectivity index (χ1) is 23.8. The van der Waals surface area contributed by atoms with Gasteiger partial charge in [0.15, 0.2) is 0 Å². The number of imidazole rings is 1. The summed E-state index contributed by atoms with van der Waals surface area (Å²) in [6.45, 7) is 0. The van der Waals surface area contributed by atoms with Gasteiger partial charge in [-0.05, 0) is 81.2 Å². The van der Waals surface area contributed by atoms with Gasteiger partial charge in [-0.2, -0.15) is 0 Å². The molecule has 0 aliphatic carbocycles. The van der Waals surface area contributed by atoms with E-state index in [1.54, 1.807) is 0 Å². The fourth-order valence-corrected chi connectivity index (χ4v) is 7.71. The van der Waals surface area contributed by atoms with Crippen LogP contribution in [0.2, 0.25) is 0 Å². The van der Waals surface area contributed by atoms with Gasteiger partial charge < -0.3 is 4.57 Å². The third-order valence-corrected chi connectivity index (χ3v) is 9.70. The minimum absolute atomic E-state index is 0.945. The Bertz CT molecular complexity index is 2730. The van der Waals surface area contributed by atoms with Gasteiger partial charge >= 0.3 is 0 Å². The second-order valence-corrected chi connectivity index (χ2v) is 12.4. The molecule has 0 amide bonds. The molecule has 2 aromatic heterocycles. The predicted molar refractivity (Wildman–Crippen MR) is 201 cm³/mol. The Morgan fingerprint density at radius 3 is 1.44 bits per heavy atom. The number of benzene rings is 8. The number of hydrogen-bond acceptors (Lipinski definition) is 1. The Balaban J connectivity index is 1.28. The molecule has 0 fully saturated rings. The summed E-state index contributed by atoms with van der Waals surface area (Å²) in [6, 6.07) is 63.1. The van der Waals surface area contributed by atoms with E-state index in [1.807, 2.05) is 0 Å². The van der Waals surface area contributed by atoms with E-state index in [1.165, 1.54) is 54.5 Å². The van der Waals surface area contributed by atoms with Gasteiger partial charge in [-0.25, -0.2) is 4.98 Å². The molecule has 48 heavy (non-hydrogen) atoms. The first kappa shape index (κ1) is 26.7. The Hall–Kier alpha value is -6.45. The van der Waals surface area contributed by atoms with Crippen molar-refractivity contribution in [2.45, 2.75) is 0 Å². The molecule has 224 valence electrons. The van der Waals surface area contributed by atoms with E-state index in [9.17, 15) is 0 Å². The highest BCUT2D eigenvalue weighted by Gasteiger charge is 2.22. The smallest absolute Gasteiger partial charge is 0.146 e. The van der Waals surface area contributed by atoms with Crippen LogP contribution in [0.5, 0.6) is 0 Å². The lowest BCUT2D eigenvalue weighted by Crippen LogP contribution is -2.00. The highest BCUT2D eigenvalue weighted by Crippen LogP contribution is 2.45. The molecule has 10 rings (SSSR count). The minimum Gasteiger partial charge on any atom is -0.309 e. The standard InChI is InChI=1S/C45H29N3/c1-2-16-31(17-3-1)48-42-28-13-10-25-39(42)46-45(48)44-37-23-6-4-21-35(37)43(36-22-5-7-24-38(36)44)30-15-14-18-32(29-30)47-40-26-11-8-19-33(40)34-20-9-12-27-41(34)47/h1-29H. The molecule has 0 radical (unpaired) electrons. The van der Waals surface area contributed by atoms with Gasteiger partial charge in [-0.15, -0.1) is 0 Å². The first-order valence-corrected chi connectivity index (χ1v) is 16.4. The molecule has 0 aliphatic rings. The number of fused-ring (bicyclic) bond motifs is 6. The highest BCUT2D eigenvalue weighted by atomic mass is 15.1. The van der Waals surface area contributed by atoms with Crippen molar-refractivity contribution in [1.29, 1.82) is 0 Å². The lowest BCUT2D eigenvalue weighted by molar-refractivity contribution is 1.11. The molecule has 0 saturated carbocycles. The van der Waals surface area contributed by atoms with Gasteiger partial charge in [-0.3, -0.25) is 4.57 Å². The largest absolute Gasteiger partial charge is 0.309 e. The normalized spacial score (nSPS) is 11.8. The van der Waals surface area contributed by atoms with Crippen LogP contribution in [0.15, 0.2) is 176 Å². The fourth-order valence-electron chi connectivity index (χ4n) is 7.71. The molecule has 10 aromatic rings. The number of nitrogens with zero attached hydrogens (tertiary/aromatic N) is 3. The summed E-state index contributed by atoms with van der Waals surface area (Å²) >= 11 is 0. The molecule has 8 aromatic carbocycles. The van der Waals surface area contributed by atoms with Gasteiger partial charge in [0.2, 0.25) is 0 Å². The monoisotopic (exact) mass is 611 g/mol. The maximum Gasteiger partial charge on any atom is 0.146 e. The van der Waals surface area contributed by atoms with Crippen LogP contribution in [-0.2, 0) is 0 Å². The SMILES string of the molecule is c1ccc(-n2c(-c3c4ccccc4c(-c4cccc(-n5c6ccccc6c6ccccc65)c4)c4ccccc34)nc3ccccc32)cc1. The summed E-state index contributed by atoms with van der Waals surface area (Å²) in [4.78, 5) is 5.33. The summed E-state index contributed by atoms with van der Waals surface area (Å²) in [5.74, 6) is 0.945. The van der Waals surface area contributed by atoms with Gasteiger partial charge in [0.25, 0.3) is 0 Å². The minimum atomic E-state index is 0.945. The van der Waals surface area contributed by atoms with Crippen LogP contribution in [0.1, 0.15) is 0 Å². The van der Waals surface area contributed by atoms with Crippen LogP contribution in [0, 0.1) is 0 Å². The van der Waals surface area contributed by atoms with E-state index in [4.69, 9.17) is 4.98 Å². The van der Waals surface area contributed by atoms with Crippen molar-refractivity contribution in [3.8, 4) is 33.9 Å². The molecule has 2 heterocycles. The summed E-state index contributed by atoms with van der Waals surface area (Å²) in [5.41, 5.74) is 10.3. The summed E-state index contributed by atoms with van der Waals surface area (Å²) in [5, 5.41) is 7.30. The molecule has 0 N–H and O–H groups in total. The van der Waals surface area contributed by atoms with Crippen molar-refractivity contribution in [1.82, 2.24) is 14.1 Å². The van der Waals surface area contributed by atoms with E-state index in [0.29, 0.717) is 0 Å². The lowest BCUT2D eigenvalue weighted by atomic mass is 9.88. The van der Waals surface area contributed by atoms with E-state index in [-0.39, 0.29) is 0 Å². The number of hydrogen-bond donors (Lipinski definition) is 0. The van der Waals surface area contributed by atoms with Crippen molar-refractivity contribution < 1.29 is 0 Å². The Labute approximate surface area is 277 Å². The van der Waals surface area contributed by atoms with Crippen LogP contribution in [0.3, 0.4) is 0 Å². The van der Waals surface area contributed by atoms with E-state index in [0.717, 1.165) is 33.8 Å². The lowest BCUT2D eigenvalue weighted by Gasteiger charge is -2.19. The summed E-state index contributed by atoms with van der Waals surface area (Å²) in [7, 11) is 0. The average Bonchev–Trinajstić information content (AvgIpc) is 3.70. The molecule has 0 unspecified atom stereocenters. The zero-order valence-electron chi connectivity index (χ0n) is 26.1. The van der Waals surface area contributed by atoms with E-state index >= 15 is 0 Å². The van der Waals surface area contributed by atoms with Crippen LogP contribution < -0.4 is 0 Å². The van der Waals surface area contributed by atoms with Gasteiger partial charge in [0.05, 0.1) is 22.1 Å². The summed E-state index contributed by atoms with van der Waals surface area (Å²) < 4.78 is 4.71. The van der Waals surface area contributed by atoms with Crippen molar-refractivity contribution in [3.05, 3.63) is 176 Å². The molecular weight excluding hydrogens is 583 g/mol. The molecule has 0 saturated heterocycles. The zero-order chi connectivity index (χ0) is 31.6. The predicted octanol–water partition coefficient (Wildman–Crippen LogP) is 11.8. The third-order valence-electron chi connectivity index (χ3n) is 9.70. The Morgan fingerprint density at radius 1 is 0.333 bits per heavy atom. The average molecular weight is 612 g/mol. The van der Waals surface area contributed by atoms with Gasteiger partial charge in [0.1, 0.15) is 5.82 Å². The number of aromatic nitrogens is 3. The second kappa shape index (κ2) is 10.5. The van der Waals surface area contributed by atoms with Crippen LogP contribution in [0.25, 0.3) is 88.3 Å². The fraction of sp³-hybridized carbons (Fsp3) is 0.